The van der Waals surface area contributed by atoms with Crippen LogP contribution in [-0.2, 0) is 6.54 Å². The monoisotopic (exact) mass is 257 g/mol. The van der Waals surface area contributed by atoms with Gasteiger partial charge in [0.25, 0.3) is 0 Å². The normalized spacial score (nSPS) is 12.6. The molecule has 3 nitrogen and oxygen atoms in total. The highest BCUT2D eigenvalue weighted by atomic mass is 15.3. The van der Waals surface area contributed by atoms with Crippen LogP contribution in [0.2, 0.25) is 0 Å². The molecule has 2 rings (SSSR count). The van der Waals surface area contributed by atoms with Gasteiger partial charge in [-0.1, -0.05) is 43.7 Å². The molecule has 0 saturated carbocycles. The average Bonchev–Trinajstić information content (AvgIpc) is 2.84. The van der Waals surface area contributed by atoms with Crippen LogP contribution in [0.5, 0.6) is 0 Å². The van der Waals surface area contributed by atoms with Crippen molar-refractivity contribution in [2.75, 3.05) is 6.54 Å². The first-order valence-corrected chi connectivity index (χ1v) is 7.04. The van der Waals surface area contributed by atoms with E-state index in [-0.39, 0.29) is 0 Å². The lowest BCUT2D eigenvalue weighted by Gasteiger charge is -2.13. The van der Waals surface area contributed by atoms with E-state index in [1.165, 1.54) is 16.7 Å². The zero-order chi connectivity index (χ0) is 13.7. The van der Waals surface area contributed by atoms with Gasteiger partial charge in [-0.05, 0) is 25.5 Å². The number of hydrogen-bond acceptors (Lipinski definition) is 2. The number of aryl methyl sites for hydroxylation is 1. The van der Waals surface area contributed by atoms with Crippen molar-refractivity contribution in [3.63, 3.8) is 0 Å². The van der Waals surface area contributed by atoms with Crippen molar-refractivity contribution >= 4 is 0 Å². The van der Waals surface area contributed by atoms with Crippen LogP contribution in [0, 0.1) is 6.92 Å². The van der Waals surface area contributed by atoms with Crippen LogP contribution in [0.4, 0.5) is 0 Å². The third-order valence-corrected chi connectivity index (χ3v) is 3.34. The Kier molecular flexibility index (Phi) is 4.74. The maximum atomic E-state index is 4.47. The van der Waals surface area contributed by atoms with Crippen molar-refractivity contribution in [3.05, 3.63) is 53.3 Å². The topological polar surface area (TPSA) is 29.9 Å². The molecule has 1 atom stereocenters. The van der Waals surface area contributed by atoms with Crippen molar-refractivity contribution in [2.45, 2.75) is 39.8 Å². The first-order valence-electron chi connectivity index (χ1n) is 7.04. The molecule has 1 unspecified atom stereocenters. The summed E-state index contributed by atoms with van der Waals surface area (Å²) in [5.41, 5.74) is 3.87. The first kappa shape index (κ1) is 13.8. The molecule has 0 aliphatic rings. The van der Waals surface area contributed by atoms with E-state index in [2.05, 4.69) is 61.6 Å². The summed E-state index contributed by atoms with van der Waals surface area (Å²) in [5.74, 6) is 0. The highest BCUT2D eigenvalue weighted by Gasteiger charge is 2.10. The molecule has 1 aromatic carbocycles. The minimum atomic E-state index is 0.413. The van der Waals surface area contributed by atoms with Gasteiger partial charge in [0.2, 0.25) is 0 Å². The Hall–Kier alpha value is -1.61. The quantitative estimate of drug-likeness (QED) is 0.860. The van der Waals surface area contributed by atoms with E-state index in [1.807, 2.05) is 10.9 Å². The van der Waals surface area contributed by atoms with Gasteiger partial charge in [-0.2, -0.15) is 5.10 Å². The summed E-state index contributed by atoms with van der Waals surface area (Å²) in [5, 5.41) is 7.95. The number of hydrogen-bond donors (Lipinski definition) is 1. The van der Waals surface area contributed by atoms with Crippen LogP contribution in [0.25, 0.3) is 0 Å². The fourth-order valence-electron chi connectivity index (χ4n) is 2.39. The Balaban J connectivity index is 2.08. The second-order valence-corrected chi connectivity index (χ2v) is 4.98. The summed E-state index contributed by atoms with van der Waals surface area (Å²) >= 11 is 0. The van der Waals surface area contributed by atoms with Gasteiger partial charge in [0.05, 0.1) is 12.7 Å². The first-order chi connectivity index (χ1) is 9.22. The molecule has 1 heterocycles. The van der Waals surface area contributed by atoms with E-state index in [0.717, 1.165) is 19.5 Å². The summed E-state index contributed by atoms with van der Waals surface area (Å²) in [4.78, 5) is 0. The van der Waals surface area contributed by atoms with E-state index < -0.39 is 0 Å². The molecule has 0 spiro atoms. The molecule has 3 heteroatoms. The van der Waals surface area contributed by atoms with E-state index in [1.54, 1.807) is 0 Å². The van der Waals surface area contributed by atoms with E-state index in [4.69, 9.17) is 0 Å². The molecule has 0 amide bonds. The van der Waals surface area contributed by atoms with E-state index in [9.17, 15) is 0 Å². The third kappa shape index (κ3) is 3.67. The standard InChI is InChI=1S/C16H23N3/c1-4-16(17-5-2)15-10-18-19(12-15)11-14-8-6-7-13(3)9-14/h6-10,12,16-17H,4-5,11H2,1-3H3. The predicted molar refractivity (Wildman–Crippen MR) is 79.2 cm³/mol. The summed E-state index contributed by atoms with van der Waals surface area (Å²) < 4.78 is 2.02. The Labute approximate surface area is 115 Å². The SMILES string of the molecule is CCNC(CC)c1cnn(Cc2cccc(C)c2)c1. The van der Waals surface area contributed by atoms with Crippen LogP contribution in [-0.4, -0.2) is 16.3 Å². The van der Waals surface area contributed by atoms with Gasteiger partial charge >= 0.3 is 0 Å². The lowest BCUT2D eigenvalue weighted by Crippen LogP contribution is -2.19. The maximum absolute atomic E-state index is 4.47. The zero-order valence-electron chi connectivity index (χ0n) is 12.1. The van der Waals surface area contributed by atoms with Gasteiger partial charge in [-0.3, -0.25) is 4.68 Å². The van der Waals surface area contributed by atoms with Gasteiger partial charge < -0.3 is 5.32 Å². The third-order valence-electron chi connectivity index (χ3n) is 3.34. The van der Waals surface area contributed by atoms with Crippen molar-refractivity contribution in [3.8, 4) is 0 Å². The highest BCUT2D eigenvalue weighted by Crippen LogP contribution is 2.16. The van der Waals surface area contributed by atoms with Gasteiger partial charge in [0.15, 0.2) is 0 Å². The van der Waals surface area contributed by atoms with Crippen molar-refractivity contribution in [2.24, 2.45) is 0 Å². The molecule has 19 heavy (non-hydrogen) atoms. The lowest BCUT2D eigenvalue weighted by atomic mass is 10.1. The van der Waals surface area contributed by atoms with Crippen LogP contribution >= 0.6 is 0 Å². The van der Waals surface area contributed by atoms with Crippen molar-refractivity contribution in [1.82, 2.24) is 15.1 Å². The zero-order valence-corrected chi connectivity index (χ0v) is 12.1. The molecule has 0 bridgehead atoms. The average molecular weight is 257 g/mol. The fourth-order valence-corrected chi connectivity index (χ4v) is 2.39. The summed E-state index contributed by atoms with van der Waals surface area (Å²) in [6.45, 7) is 8.28. The molecular weight excluding hydrogens is 234 g/mol. The van der Waals surface area contributed by atoms with Gasteiger partial charge in [-0.25, -0.2) is 0 Å². The lowest BCUT2D eigenvalue weighted by molar-refractivity contribution is 0.536. The molecule has 0 aliphatic heterocycles. The Morgan fingerprint density at radius 1 is 1.32 bits per heavy atom. The number of nitrogens with zero attached hydrogens (tertiary/aromatic N) is 2. The second-order valence-electron chi connectivity index (χ2n) is 4.98. The van der Waals surface area contributed by atoms with Crippen LogP contribution in [0.15, 0.2) is 36.7 Å². The molecule has 0 radical (unpaired) electrons. The Bertz CT molecular complexity index is 516. The smallest absolute Gasteiger partial charge is 0.0659 e. The van der Waals surface area contributed by atoms with Gasteiger partial charge in [0, 0.05) is 17.8 Å². The molecular formula is C16H23N3. The molecule has 1 aromatic heterocycles. The van der Waals surface area contributed by atoms with Crippen molar-refractivity contribution in [1.29, 1.82) is 0 Å². The predicted octanol–water partition coefficient (Wildman–Crippen LogP) is 3.30. The largest absolute Gasteiger partial charge is 0.310 e. The second kappa shape index (κ2) is 6.53. The minimum Gasteiger partial charge on any atom is -0.310 e. The van der Waals surface area contributed by atoms with Crippen molar-refractivity contribution < 1.29 is 0 Å². The Morgan fingerprint density at radius 2 is 2.16 bits per heavy atom. The van der Waals surface area contributed by atoms with Gasteiger partial charge in [-0.15, -0.1) is 0 Å². The number of rotatable bonds is 6. The van der Waals surface area contributed by atoms with E-state index >= 15 is 0 Å². The van der Waals surface area contributed by atoms with Crippen LogP contribution in [0.1, 0.15) is 43.0 Å². The maximum Gasteiger partial charge on any atom is 0.0659 e. The van der Waals surface area contributed by atoms with Gasteiger partial charge in [0.1, 0.15) is 0 Å². The molecule has 0 aliphatic carbocycles. The highest BCUT2D eigenvalue weighted by molar-refractivity contribution is 5.22. The number of benzene rings is 1. The van der Waals surface area contributed by atoms with Crippen LogP contribution < -0.4 is 5.32 Å². The summed E-state index contributed by atoms with van der Waals surface area (Å²) in [7, 11) is 0. The van der Waals surface area contributed by atoms with Crippen LogP contribution in [0.3, 0.4) is 0 Å². The fraction of sp³-hybridized carbons (Fsp3) is 0.438. The summed E-state index contributed by atoms with van der Waals surface area (Å²) in [6.07, 6.45) is 5.22. The minimum absolute atomic E-state index is 0.413. The van der Waals surface area contributed by atoms with E-state index in [0.29, 0.717) is 6.04 Å². The molecule has 2 aromatic rings. The number of nitrogens with one attached hydrogen (secondary N) is 1. The molecule has 0 fully saturated rings. The molecule has 1 N–H and O–H groups in total. The molecule has 0 saturated heterocycles. The summed E-state index contributed by atoms with van der Waals surface area (Å²) in [6, 6.07) is 8.99. The number of aromatic nitrogens is 2. The molecule has 102 valence electrons. The Morgan fingerprint density at radius 3 is 2.84 bits per heavy atom.